The maximum atomic E-state index is 6.44. The van der Waals surface area contributed by atoms with Gasteiger partial charge in [-0.2, -0.15) is 0 Å². The topological polar surface area (TPSA) is 55.6 Å². The van der Waals surface area contributed by atoms with Gasteiger partial charge in [0.1, 0.15) is 27.8 Å². The van der Waals surface area contributed by atoms with Gasteiger partial charge in [0, 0.05) is 38.8 Å². The van der Waals surface area contributed by atoms with E-state index in [1.807, 2.05) is 66.7 Å². The van der Waals surface area contributed by atoms with Crippen LogP contribution in [0.5, 0.6) is 0 Å². The molecule has 9 aromatic carbocycles. The van der Waals surface area contributed by atoms with Crippen molar-refractivity contribution in [2.45, 2.75) is 0 Å². The fraction of sp³-hybridized carbons (Fsp3) is 0. The van der Waals surface area contributed by atoms with E-state index in [1.54, 1.807) is 0 Å². The molecule has 60 heavy (non-hydrogen) atoms. The van der Waals surface area contributed by atoms with Crippen LogP contribution in [0.2, 0.25) is 0 Å². The Hall–Kier alpha value is -8.15. The smallest absolute Gasteiger partial charge is 0.227 e. The quantitative estimate of drug-likeness (QED) is 0.162. The Kier molecular flexibility index (Phi) is 7.78. The van der Waals surface area contributed by atoms with Gasteiger partial charge < -0.3 is 18.2 Å². The van der Waals surface area contributed by atoms with Crippen LogP contribution in [0.1, 0.15) is 0 Å². The van der Waals surface area contributed by atoms with Crippen LogP contribution in [0.3, 0.4) is 0 Å². The molecule has 0 bridgehead atoms. The van der Waals surface area contributed by atoms with Crippen molar-refractivity contribution in [3.63, 3.8) is 0 Å². The molecular weight excluding hydrogens is 737 g/mol. The van der Waals surface area contributed by atoms with E-state index in [0.29, 0.717) is 5.89 Å². The largest absolute Gasteiger partial charge is 0.456 e. The Morgan fingerprint density at radius 3 is 1.58 bits per heavy atom. The standard InChI is InChI=1S/C55H34N2O3/c1-3-10-35(11-4-1)36-18-25-41(26-19-36)57(43-29-22-38(23-30-43)44-15-9-17-49-52(44)45-14-7-8-16-48(45)58-49)42-27-20-37(21-28-42)40-24-31-46-51(34-40)59-50-33-32-47-54(53(46)50)60-55(56-47)39-12-5-2-6-13-39/h1-34H. The molecule has 0 aliphatic carbocycles. The second kappa shape index (κ2) is 13.8. The van der Waals surface area contributed by atoms with Crippen molar-refractivity contribution in [1.82, 2.24) is 4.98 Å². The van der Waals surface area contributed by atoms with Gasteiger partial charge in [0.05, 0.1) is 5.39 Å². The molecule has 0 fully saturated rings. The summed E-state index contributed by atoms with van der Waals surface area (Å²) in [6, 6.07) is 71.8. The number of benzene rings is 9. The number of hydrogen-bond acceptors (Lipinski definition) is 5. The van der Waals surface area contributed by atoms with Gasteiger partial charge in [0.15, 0.2) is 5.58 Å². The van der Waals surface area contributed by atoms with Gasteiger partial charge in [0.25, 0.3) is 0 Å². The second-order valence-electron chi connectivity index (χ2n) is 15.1. The molecule has 0 saturated carbocycles. The lowest BCUT2D eigenvalue weighted by Gasteiger charge is -2.26. The molecule has 12 rings (SSSR count). The molecule has 12 aromatic rings. The van der Waals surface area contributed by atoms with Gasteiger partial charge in [-0.25, -0.2) is 4.98 Å². The van der Waals surface area contributed by atoms with Crippen LogP contribution in [0.15, 0.2) is 220 Å². The summed E-state index contributed by atoms with van der Waals surface area (Å²) in [6.07, 6.45) is 0. The molecule has 5 heteroatoms. The molecule has 0 amide bonds. The molecule has 282 valence electrons. The molecule has 3 aromatic heterocycles. The fourth-order valence-electron chi connectivity index (χ4n) is 8.62. The highest BCUT2D eigenvalue weighted by atomic mass is 16.4. The highest BCUT2D eigenvalue weighted by Crippen LogP contribution is 2.42. The van der Waals surface area contributed by atoms with Gasteiger partial charge in [-0.1, -0.05) is 121 Å². The molecule has 0 N–H and O–H groups in total. The first-order valence-corrected chi connectivity index (χ1v) is 20.1. The lowest BCUT2D eigenvalue weighted by Crippen LogP contribution is -2.09. The van der Waals surface area contributed by atoms with Gasteiger partial charge >= 0.3 is 0 Å². The van der Waals surface area contributed by atoms with Crippen LogP contribution in [-0.4, -0.2) is 4.98 Å². The number of rotatable bonds is 7. The van der Waals surface area contributed by atoms with Crippen molar-refractivity contribution < 1.29 is 13.3 Å². The first kappa shape index (κ1) is 33.9. The Labute approximate surface area is 345 Å². The predicted octanol–water partition coefficient (Wildman–Crippen LogP) is 15.8. The van der Waals surface area contributed by atoms with Gasteiger partial charge in [-0.15, -0.1) is 0 Å². The number of anilines is 3. The minimum Gasteiger partial charge on any atom is -0.456 e. The SMILES string of the molecule is c1ccc(-c2ccc(N(c3ccc(-c4ccc5c(c4)oc4ccc6nc(-c7ccccc7)oc6c45)cc3)c3ccc(-c4cccc5oc6ccccc6c45)cc3)cc2)cc1. The number of oxazole rings is 1. The van der Waals surface area contributed by atoms with Gasteiger partial charge in [-0.3, -0.25) is 0 Å². The minimum atomic E-state index is 0.599. The third-order valence-corrected chi connectivity index (χ3v) is 11.5. The number of nitrogens with zero attached hydrogens (tertiary/aromatic N) is 2. The maximum Gasteiger partial charge on any atom is 0.227 e. The summed E-state index contributed by atoms with van der Waals surface area (Å²) in [5.41, 5.74) is 15.8. The molecule has 3 heterocycles. The molecular formula is C55H34N2O3. The second-order valence-corrected chi connectivity index (χ2v) is 15.1. The summed E-state index contributed by atoms with van der Waals surface area (Å²) in [5, 5.41) is 4.19. The third kappa shape index (κ3) is 5.67. The summed E-state index contributed by atoms with van der Waals surface area (Å²) in [4.78, 5) is 7.10. The first-order valence-electron chi connectivity index (χ1n) is 20.1. The van der Waals surface area contributed by atoms with Crippen LogP contribution in [-0.2, 0) is 0 Å². The van der Waals surface area contributed by atoms with Crippen molar-refractivity contribution in [2.24, 2.45) is 0 Å². The van der Waals surface area contributed by atoms with Crippen LogP contribution in [0.4, 0.5) is 17.1 Å². The van der Waals surface area contributed by atoms with Crippen LogP contribution < -0.4 is 4.90 Å². The lowest BCUT2D eigenvalue weighted by molar-refractivity contribution is 0.622. The number of hydrogen-bond donors (Lipinski definition) is 0. The Morgan fingerprint density at radius 1 is 0.333 bits per heavy atom. The van der Waals surface area contributed by atoms with E-state index in [1.165, 1.54) is 11.1 Å². The lowest BCUT2D eigenvalue weighted by atomic mass is 9.99. The summed E-state index contributed by atoms with van der Waals surface area (Å²) in [6.45, 7) is 0. The fourth-order valence-corrected chi connectivity index (χ4v) is 8.62. The molecule has 0 spiro atoms. The zero-order valence-electron chi connectivity index (χ0n) is 32.2. The molecule has 0 saturated heterocycles. The zero-order valence-corrected chi connectivity index (χ0v) is 32.2. The molecule has 0 atom stereocenters. The van der Waals surface area contributed by atoms with E-state index in [0.717, 1.165) is 99.9 Å². The van der Waals surface area contributed by atoms with Crippen molar-refractivity contribution in [2.75, 3.05) is 4.90 Å². The predicted molar refractivity (Wildman–Crippen MR) is 245 cm³/mol. The van der Waals surface area contributed by atoms with Crippen molar-refractivity contribution >= 4 is 72.0 Å². The Balaban J connectivity index is 0.911. The number of furan rings is 2. The molecule has 0 aliphatic rings. The van der Waals surface area contributed by atoms with Gasteiger partial charge in [-0.05, 0) is 118 Å². The average Bonchev–Trinajstić information content (AvgIpc) is 4.04. The number of para-hydroxylation sites is 1. The van der Waals surface area contributed by atoms with E-state index >= 15 is 0 Å². The zero-order chi connectivity index (χ0) is 39.6. The van der Waals surface area contributed by atoms with Crippen LogP contribution in [0.25, 0.3) is 99.8 Å². The van der Waals surface area contributed by atoms with Crippen molar-refractivity contribution in [3.05, 3.63) is 206 Å². The highest BCUT2D eigenvalue weighted by molar-refractivity contribution is 6.17. The Morgan fingerprint density at radius 2 is 0.867 bits per heavy atom. The molecule has 0 aliphatic heterocycles. The summed E-state index contributed by atoms with van der Waals surface area (Å²) in [7, 11) is 0. The summed E-state index contributed by atoms with van der Waals surface area (Å²) >= 11 is 0. The normalized spacial score (nSPS) is 11.7. The van der Waals surface area contributed by atoms with E-state index in [-0.39, 0.29) is 0 Å². The monoisotopic (exact) mass is 770 g/mol. The van der Waals surface area contributed by atoms with Crippen molar-refractivity contribution in [3.8, 4) is 44.8 Å². The molecule has 0 unspecified atom stereocenters. The third-order valence-electron chi connectivity index (χ3n) is 11.5. The molecule has 5 nitrogen and oxygen atoms in total. The summed E-state index contributed by atoms with van der Waals surface area (Å²) < 4.78 is 19.0. The van der Waals surface area contributed by atoms with Crippen LogP contribution >= 0.6 is 0 Å². The highest BCUT2D eigenvalue weighted by Gasteiger charge is 2.19. The number of aromatic nitrogens is 1. The number of fused-ring (bicyclic) bond motifs is 8. The van der Waals surface area contributed by atoms with Gasteiger partial charge in [0.2, 0.25) is 5.89 Å². The average molecular weight is 771 g/mol. The van der Waals surface area contributed by atoms with E-state index in [2.05, 4.69) is 144 Å². The van der Waals surface area contributed by atoms with E-state index < -0.39 is 0 Å². The molecule has 0 radical (unpaired) electrons. The minimum absolute atomic E-state index is 0.599. The van der Waals surface area contributed by atoms with E-state index in [4.69, 9.17) is 18.2 Å². The van der Waals surface area contributed by atoms with Crippen molar-refractivity contribution in [1.29, 1.82) is 0 Å². The first-order chi connectivity index (χ1) is 29.7. The van der Waals surface area contributed by atoms with E-state index in [9.17, 15) is 0 Å². The van der Waals surface area contributed by atoms with Crippen LogP contribution in [0, 0.1) is 0 Å². The summed E-state index contributed by atoms with van der Waals surface area (Å²) in [5.74, 6) is 0.599. The maximum absolute atomic E-state index is 6.44. The Bertz CT molecular complexity index is 3510.